The van der Waals surface area contributed by atoms with Crippen molar-refractivity contribution >= 4 is 17.0 Å². The second-order valence-corrected chi connectivity index (χ2v) is 7.22. The van der Waals surface area contributed by atoms with Crippen LogP contribution in [0.1, 0.15) is 37.9 Å². The van der Waals surface area contributed by atoms with Crippen molar-refractivity contribution in [1.82, 2.24) is 24.4 Å². The third-order valence-electron chi connectivity index (χ3n) is 5.33. The molecule has 0 bridgehead atoms. The van der Waals surface area contributed by atoms with E-state index < -0.39 is 0 Å². The van der Waals surface area contributed by atoms with E-state index in [0.29, 0.717) is 6.04 Å². The van der Waals surface area contributed by atoms with Crippen LogP contribution in [0.3, 0.4) is 0 Å². The molecule has 2 aromatic rings. The number of nitrogens with one attached hydrogen (secondary N) is 1. The van der Waals surface area contributed by atoms with E-state index in [-0.39, 0.29) is 32.7 Å². The SMILES string of the molecule is Cc1nc(NC2CCCCC2)c2ncn(CCN3CC[N-]CC3)c2n1.[Y]. The standard InChI is InChI=1S/C18H28N7.Y/c1-14-21-17(23-15-5-3-2-4-6-15)16-18(22-14)25(13-20-16)12-11-24-9-7-19-8-10-24;/h13,15H,2-12H2,1H3,(H,21,22,23);/q-1;. The molecule has 1 N–H and O–H groups in total. The first kappa shape index (κ1) is 20.1. The van der Waals surface area contributed by atoms with E-state index in [1.54, 1.807) is 0 Å². The van der Waals surface area contributed by atoms with E-state index in [2.05, 4.69) is 35.1 Å². The van der Waals surface area contributed by atoms with Gasteiger partial charge < -0.3 is 20.1 Å². The average Bonchev–Trinajstić information content (AvgIpc) is 3.05. The second kappa shape index (κ2) is 9.53. The summed E-state index contributed by atoms with van der Waals surface area (Å²) in [5.74, 6) is 1.72. The van der Waals surface area contributed by atoms with Gasteiger partial charge in [0.1, 0.15) is 11.3 Å². The van der Waals surface area contributed by atoms with Crippen molar-refractivity contribution in [3.8, 4) is 0 Å². The summed E-state index contributed by atoms with van der Waals surface area (Å²) in [7, 11) is 0. The molecule has 0 spiro atoms. The smallest absolute Gasteiger partial charge is 0.165 e. The fourth-order valence-corrected chi connectivity index (χ4v) is 3.88. The van der Waals surface area contributed by atoms with Crippen LogP contribution in [-0.2, 0) is 39.3 Å². The maximum absolute atomic E-state index is 4.67. The topological polar surface area (TPSA) is 73.0 Å². The summed E-state index contributed by atoms with van der Waals surface area (Å²) in [6, 6.07) is 0.522. The molecule has 0 amide bonds. The predicted octanol–water partition coefficient (Wildman–Crippen LogP) is 2.57. The van der Waals surface area contributed by atoms with Crippen molar-refractivity contribution in [2.24, 2.45) is 0 Å². The molecule has 1 saturated heterocycles. The number of rotatable bonds is 5. The number of aryl methyl sites for hydroxylation is 1. The normalized spacial score (nSPS) is 19.4. The van der Waals surface area contributed by atoms with Crippen LogP contribution in [0, 0.1) is 6.92 Å². The Kier molecular flexibility index (Phi) is 7.38. The van der Waals surface area contributed by atoms with Gasteiger partial charge in [-0.3, -0.25) is 0 Å². The number of nitrogens with zero attached hydrogens (tertiary/aromatic N) is 6. The zero-order chi connectivity index (χ0) is 17.1. The molecule has 1 radical (unpaired) electrons. The van der Waals surface area contributed by atoms with Crippen molar-refractivity contribution in [1.29, 1.82) is 0 Å². The van der Waals surface area contributed by atoms with Crippen LogP contribution in [0.5, 0.6) is 0 Å². The summed E-state index contributed by atoms with van der Waals surface area (Å²) in [6.45, 7) is 7.95. The number of piperazine rings is 1. The van der Waals surface area contributed by atoms with E-state index in [0.717, 1.165) is 62.1 Å². The first-order valence-corrected chi connectivity index (χ1v) is 9.61. The fourth-order valence-electron chi connectivity index (χ4n) is 3.88. The van der Waals surface area contributed by atoms with Gasteiger partial charge in [-0.25, -0.2) is 15.0 Å². The van der Waals surface area contributed by atoms with E-state index in [4.69, 9.17) is 0 Å². The summed E-state index contributed by atoms with van der Waals surface area (Å²) < 4.78 is 2.17. The van der Waals surface area contributed by atoms with Crippen molar-refractivity contribution in [2.75, 3.05) is 38.0 Å². The molecule has 26 heavy (non-hydrogen) atoms. The Hall–Kier alpha value is -0.626. The molecule has 2 aromatic heterocycles. The van der Waals surface area contributed by atoms with E-state index in [1.807, 2.05) is 13.3 Å². The molecule has 2 aliphatic rings. The molecule has 7 nitrogen and oxygen atoms in total. The predicted molar refractivity (Wildman–Crippen MR) is 100 cm³/mol. The largest absolute Gasteiger partial charge is 0.660 e. The number of fused-ring (bicyclic) bond motifs is 1. The van der Waals surface area contributed by atoms with Gasteiger partial charge in [-0.2, -0.15) is 0 Å². The minimum absolute atomic E-state index is 0. The molecule has 3 heterocycles. The summed E-state index contributed by atoms with van der Waals surface area (Å²) in [6.07, 6.45) is 8.34. The van der Waals surface area contributed by atoms with Gasteiger partial charge >= 0.3 is 0 Å². The van der Waals surface area contributed by atoms with E-state index in [1.165, 1.54) is 32.1 Å². The molecule has 139 valence electrons. The zero-order valence-corrected chi connectivity index (χ0v) is 18.5. The van der Waals surface area contributed by atoms with Gasteiger partial charge in [0.2, 0.25) is 0 Å². The fraction of sp³-hybridized carbons (Fsp3) is 0.722. The van der Waals surface area contributed by atoms with Crippen LogP contribution >= 0.6 is 0 Å². The number of aromatic nitrogens is 4. The van der Waals surface area contributed by atoms with Crippen molar-refractivity contribution in [3.63, 3.8) is 0 Å². The van der Waals surface area contributed by atoms with Crippen LogP contribution in [0.25, 0.3) is 16.5 Å². The molecule has 0 aromatic carbocycles. The molecular weight excluding hydrogens is 403 g/mol. The van der Waals surface area contributed by atoms with Crippen LogP contribution in [-0.4, -0.2) is 63.2 Å². The van der Waals surface area contributed by atoms with Crippen LogP contribution in [0.15, 0.2) is 6.33 Å². The summed E-state index contributed by atoms with van der Waals surface area (Å²) >= 11 is 0. The molecule has 0 unspecified atom stereocenters. The summed E-state index contributed by atoms with van der Waals surface area (Å²) in [5, 5.41) is 8.04. The van der Waals surface area contributed by atoms with E-state index >= 15 is 0 Å². The molecule has 8 heteroatoms. The van der Waals surface area contributed by atoms with Crippen molar-refractivity contribution in [3.05, 3.63) is 17.5 Å². The molecule has 4 rings (SSSR count). The monoisotopic (exact) mass is 431 g/mol. The quantitative estimate of drug-likeness (QED) is 0.788. The van der Waals surface area contributed by atoms with Crippen LogP contribution in [0.4, 0.5) is 5.82 Å². The van der Waals surface area contributed by atoms with Crippen molar-refractivity contribution < 1.29 is 32.7 Å². The van der Waals surface area contributed by atoms with Crippen LogP contribution < -0.4 is 5.32 Å². The molecular formula is C18H28N7Y-. The molecule has 1 aliphatic heterocycles. The minimum atomic E-state index is 0. The van der Waals surface area contributed by atoms with Gasteiger partial charge in [0, 0.05) is 51.8 Å². The first-order chi connectivity index (χ1) is 12.3. The first-order valence-electron chi connectivity index (χ1n) is 9.61. The van der Waals surface area contributed by atoms with Gasteiger partial charge in [0.25, 0.3) is 0 Å². The molecule has 1 aliphatic carbocycles. The maximum atomic E-state index is 4.67. The Labute approximate surface area is 180 Å². The van der Waals surface area contributed by atoms with Crippen molar-refractivity contribution in [2.45, 2.75) is 51.6 Å². The number of anilines is 1. The number of hydrogen-bond acceptors (Lipinski definition) is 5. The third kappa shape index (κ3) is 4.80. The minimum Gasteiger partial charge on any atom is -0.660 e. The third-order valence-corrected chi connectivity index (χ3v) is 5.33. The summed E-state index contributed by atoms with van der Waals surface area (Å²) in [4.78, 5) is 16.4. The van der Waals surface area contributed by atoms with Gasteiger partial charge in [0.15, 0.2) is 11.5 Å². The van der Waals surface area contributed by atoms with Gasteiger partial charge in [-0.05, 0) is 32.9 Å². The summed E-state index contributed by atoms with van der Waals surface area (Å²) in [5.41, 5.74) is 1.86. The Bertz CT molecular complexity index is 705. The average molecular weight is 431 g/mol. The van der Waals surface area contributed by atoms with Gasteiger partial charge in [-0.15, -0.1) is 13.1 Å². The molecule has 0 atom stereocenters. The van der Waals surface area contributed by atoms with Crippen LogP contribution in [0.2, 0.25) is 0 Å². The zero-order valence-electron chi connectivity index (χ0n) is 15.7. The Balaban J connectivity index is 0.00000196. The Morgan fingerprint density at radius 2 is 1.88 bits per heavy atom. The number of imidazole rings is 1. The van der Waals surface area contributed by atoms with Gasteiger partial charge in [0.05, 0.1) is 6.33 Å². The Morgan fingerprint density at radius 3 is 2.65 bits per heavy atom. The molecule has 2 fully saturated rings. The Morgan fingerprint density at radius 1 is 1.12 bits per heavy atom. The second-order valence-electron chi connectivity index (χ2n) is 7.22. The molecule has 1 saturated carbocycles. The van der Waals surface area contributed by atoms with Gasteiger partial charge in [-0.1, -0.05) is 19.3 Å². The number of hydrogen-bond donors (Lipinski definition) is 1. The maximum Gasteiger partial charge on any atom is 0.165 e. The van der Waals surface area contributed by atoms with E-state index in [9.17, 15) is 0 Å².